The Kier molecular flexibility index (Phi) is 8.94. The molecule has 0 atom stereocenters. The predicted molar refractivity (Wildman–Crippen MR) is 167 cm³/mol. The maximum atomic E-state index is 12.2. The maximum absolute atomic E-state index is 12.2. The zero-order valence-electron chi connectivity index (χ0n) is 23.6. The van der Waals surface area contributed by atoms with Crippen LogP contribution in [0.2, 0.25) is 0 Å². The van der Waals surface area contributed by atoms with Gasteiger partial charge in [0.05, 0.1) is 20.0 Å². The van der Waals surface area contributed by atoms with Gasteiger partial charge in [0, 0.05) is 34.1 Å². The first-order chi connectivity index (χ1) is 20.5. The van der Waals surface area contributed by atoms with Crippen molar-refractivity contribution in [3.8, 4) is 5.75 Å². The summed E-state index contributed by atoms with van der Waals surface area (Å²) >= 11 is 0. The highest BCUT2D eigenvalue weighted by atomic mass is 16.5. The number of hydrogen-bond acceptors (Lipinski definition) is 6. The van der Waals surface area contributed by atoms with Crippen LogP contribution in [0.3, 0.4) is 0 Å². The normalized spacial score (nSPS) is 10.5. The van der Waals surface area contributed by atoms with Gasteiger partial charge in [-0.25, -0.2) is 0 Å². The number of esters is 2. The molecule has 0 unspecified atom stereocenters. The van der Waals surface area contributed by atoms with Gasteiger partial charge in [0.1, 0.15) is 5.75 Å². The molecule has 0 saturated heterocycles. The zero-order chi connectivity index (χ0) is 29.3. The molecule has 5 rings (SSSR count). The van der Waals surface area contributed by atoms with E-state index < -0.39 is 11.9 Å². The van der Waals surface area contributed by atoms with Crippen LogP contribution in [-0.4, -0.2) is 19.0 Å². The first-order valence-corrected chi connectivity index (χ1v) is 13.8. The lowest BCUT2D eigenvalue weighted by atomic mass is 10.1. The van der Waals surface area contributed by atoms with E-state index in [1.54, 1.807) is 12.1 Å². The number of ether oxygens (including phenoxy) is 2. The van der Waals surface area contributed by atoms with Crippen molar-refractivity contribution >= 4 is 46.1 Å². The van der Waals surface area contributed by atoms with Crippen LogP contribution in [0.15, 0.2) is 133 Å². The van der Waals surface area contributed by atoms with E-state index in [0.717, 1.165) is 34.1 Å². The van der Waals surface area contributed by atoms with Gasteiger partial charge in [-0.05, 0) is 91.9 Å². The number of nitrogens with zero attached hydrogens (tertiary/aromatic N) is 2. The van der Waals surface area contributed by atoms with Crippen LogP contribution in [0.4, 0.5) is 34.1 Å². The van der Waals surface area contributed by atoms with Crippen molar-refractivity contribution in [3.63, 3.8) is 0 Å². The average molecular weight is 557 g/mol. The number of carbonyl (C=O) groups excluding carboxylic acids is 2. The standard InChI is InChI=1S/C36H32N2O4/c1-27-13-15-30(16-14-27)37(28-9-5-3-6-10-28)31-17-19-32(20-18-31)38(29-11-7-4-8-12-29)33-21-23-34(24-22-33)42-36(40)26-25-35(39)41-2/h3-24H,25-26H2,1-2H3. The van der Waals surface area contributed by atoms with E-state index >= 15 is 0 Å². The summed E-state index contributed by atoms with van der Waals surface area (Å²) in [4.78, 5) is 27.9. The number of hydrogen-bond donors (Lipinski definition) is 0. The second-order valence-electron chi connectivity index (χ2n) is 9.74. The van der Waals surface area contributed by atoms with Crippen molar-refractivity contribution in [2.24, 2.45) is 0 Å². The zero-order valence-corrected chi connectivity index (χ0v) is 23.6. The molecule has 5 aromatic rings. The molecule has 0 fully saturated rings. The maximum Gasteiger partial charge on any atom is 0.311 e. The van der Waals surface area contributed by atoms with Crippen molar-refractivity contribution in [3.05, 3.63) is 139 Å². The third-order valence-corrected chi connectivity index (χ3v) is 6.77. The van der Waals surface area contributed by atoms with Crippen molar-refractivity contribution in [1.29, 1.82) is 0 Å². The van der Waals surface area contributed by atoms with Crippen LogP contribution in [-0.2, 0) is 14.3 Å². The molecule has 6 heteroatoms. The number of aryl methyl sites for hydroxylation is 1. The first kappa shape index (κ1) is 28.2. The largest absolute Gasteiger partial charge is 0.469 e. The highest BCUT2D eigenvalue weighted by molar-refractivity contribution is 5.82. The number of carbonyl (C=O) groups is 2. The minimum absolute atomic E-state index is 0.0171. The molecule has 0 aliphatic heterocycles. The molecule has 42 heavy (non-hydrogen) atoms. The fourth-order valence-corrected chi connectivity index (χ4v) is 4.65. The number of para-hydroxylation sites is 2. The first-order valence-electron chi connectivity index (χ1n) is 13.8. The Morgan fingerprint density at radius 1 is 0.500 bits per heavy atom. The van der Waals surface area contributed by atoms with Crippen LogP contribution < -0.4 is 14.5 Å². The van der Waals surface area contributed by atoms with Gasteiger partial charge in [-0.15, -0.1) is 0 Å². The Bertz CT molecular complexity index is 1600. The summed E-state index contributed by atoms with van der Waals surface area (Å²) in [6.07, 6.45) is -0.0592. The predicted octanol–water partition coefficient (Wildman–Crippen LogP) is 8.79. The lowest BCUT2D eigenvalue weighted by Gasteiger charge is -2.28. The SMILES string of the molecule is COC(=O)CCC(=O)Oc1ccc(N(c2ccccc2)c2ccc(N(c3ccccc3)c3ccc(C)cc3)cc2)cc1. The van der Waals surface area contributed by atoms with Crippen LogP contribution in [0.25, 0.3) is 0 Å². The minimum Gasteiger partial charge on any atom is -0.469 e. The quantitative estimate of drug-likeness (QED) is 0.127. The van der Waals surface area contributed by atoms with E-state index in [2.05, 4.69) is 94.3 Å². The van der Waals surface area contributed by atoms with Crippen LogP contribution >= 0.6 is 0 Å². The van der Waals surface area contributed by atoms with Gasteiger partial charge in [-0.1, -0.05) is 54.1 Å². The van der Waals surface area contributed by atoms with Crippen molar-refractivity contribution in [1.82, 2.24) is 0 Å². The second-order valence-corrected chi connectivity index (χ2v) is 9.74. The molecule has 0 saturated carbocycles. The van der Waals surface area contributed by atoms with Gasteiger partial charge < -0.3 is 19.3 Å². The van der Waals surface area contributed by atoms with Crippen molar-refractivity contribution in [2.45, 2.75) is 19.8 Å². The highest BCUT2D eigenvalue weighted by Crippen LogP contribution is 2.39. The Morgan fingerprint density at radius 2 is 0.857 bits per heavy atom. The Labute approximate surface area is 246 Å². The summed E-state index contributed by atoms with van der Waals surface area (Å²) in [5.74, 6) is -0.522. The summed E-state index contributed by atoms with van der Waals surface area (Å²) in [5.41, 5.74) is 7.28. The molecule has 0 aliphatic rings. The van der Waals surface area contributed by atoms with Gasteiger partial charge in [0.15, 0.2) is 0 Å². The molecule has 6 nitrogen and oxygen atoms in total. The number of rotatable bonds is 10. The van der Waals surface area contributed by atoms with E-state index in [4.69, 9.17) is 4.74 Å². The molecule has 0 spiro atoms. The van der Waals surface area contributed by atoms with Gasteiger partial charge >= 0.3 is 11.9 Å². The summed E-state index contributed by atoms with van der Waals surface area (Å²) in [6.45, 7) is 2.09. The number of benzene rings is 5. The van der Waals surface area contributed by atoms with Gasteiger partial charge in [0.2, 0.25) is 0 Å². The van der Waals surface area contributed by atoms with E-state index in [1.807, 2.05) is 48.5 Å². The topological polar surface area (TPSA) is 59.1 Å². The molecule has 0 aliphatic carbocycles. The van der Waals surface area contributed by atoms with E-state index in [1.165, 1.54) is 12.7 Å². The third-order valence-electron chi connectivity index (χ3n) is 6.77. The molecular weight excluding hydrogens is 524 g/mol. The highest BCUT2D eigenvalue weighted by Gasteiger charge is 2.16. The summed E-state index contributed by atoms with van der Waals surface area (Å²) < 4.78 is 10.0. The fraction of sp³-hybridized carbons (Fsp3) is 0.111. The minimum atomic E-state index is -0.486. The Balaban J connectivity index is 1.43. The van der Waals surface area contributed by atoms with Crippen molar-refractivity contribution in [2.75, 3.05) is 16.9 Å². The average Bonchev–Trinajstić information content (AvgIpc) is 3.03. The molecule has 0 bridgehead atoms. The smallest absolute Gasteiger partial charge is 0.311 e. The van der Waals surface area contributed by atoms with E-state index in [-0.39, 0.29) is 12.8 Å². The summed E-state index contributed by atoms with van der Waals surface area (Å²) in [5, 5.41) is 0. The molecule has 5 aromatic carbocycles. The monoisotopic (exact) mass is 556 g/mol. The Morgan fingerprint density at radius 3 is 1.29 bits per heavy atom. The molecule has 210 valence electrons. The number of methoxy groups -OCH3 is 1. The Hall–Kier alpha value is -5.36. The molecule has 0 heterocycles. The van der Waals surface area contributed by atoms with E-state index in [9.17, 15) is 9.59 Å². The molecule has 0 N–H and O–H groups in total. The number of anilines is 6. The lowest BCUT2D eigenvalue weighted by molar-refractivity contribution is -0.144. The third kappa shape index (κ3) is 6.85. The van der Waals surface area contributed by atoms with E-state index in [0.29, 0.717) is 5.75 Å². The van der Waals surface area contributed by atoms with Crippen LogP contribution in [0.5, 0.6) is 5.75 Å². The van der Waals surface area contributed by atoms with Crippen LogP contribution in [0, 0.1) is 6.92 Å². The fourth-order valence-electron chi connectivity index (χ4n) is 4.65. The van der Waals surface area contributed by atoms with Gasteiger partial charge in [0.25, 0.3) is 0 Å². The molecule has 0 amide bonds. The molecule has 0 radical (unpaired) electrons. The second kappa shape index (κ2) is 13.3. The van der Waals surface area contributed by atoms with Crippen molar-refractivity contribution < 1.29 is 19.1 Å². The molecule has 0 aromatic heterocycles. The van der Waals surface area contributed by atoms with Gasteiger partial charge in [-0.2, -0.15) is 0 Å². The summed E-state index contributed by atoms with van der Waals surface area (Å²) in [6, 6.07) is 44.7. The lowest BCUT2D eigenvalue weighted by Crippen LogP contribution is -2.13. The van der Waals surface area contributed by atoms with Gasteiger partial charge in [-0.3, -0.25) is 9.59 Å². The molecular formula is C36H32N2O4. The summed E-state index contributed by atoms with van der Waals surface area (Å²) in [7, 11) is 1.29. The van der Waals surface area contributed by atoms with Crippen LogP contribution in [0.1, 0.15) is 18.4 Å².